The van der Waals surface area contributed by atoms with Gasteiger partial charge in [0, 0.05) is 19.8 Å². The number of ether oxygens (including phenoxy) is 1. The number of hydrogen-bond donors (Lipinski definition) is 1. The Balaban J connectivity index is 2.39. The molecule has 1 rings (SSSR count). The SMILES string of the molecule is CC(C)COCCCNCc1ccc(F)cc1C(F)(F)F. The molecule has 0 fully saturated rings. The van der Waals surface area contributed by atoms with E-state index in [2.05, 4.69) is 5.32 Å². The quantitative estimate of drug-likeness (QED) is 0.579. The zero-order valence-electron chi connectivity index (χ0n) is 12.3. The summed E-state index contributed by atoms with van der Waals surface area (Å²) < 4.78 is 56.6. The maximum Gasteiger partial charge on any atom is 0.416 e. The molecule has 1 aromatic carbocycles. The molecule has 0 aliphatic carbocycles. The van der Waals surface area contributed by atoms with Gasteiger partial charge in [0.25, 0.3) is 0 Å². The largest absolute Gasteiger partial charge is 0.416 e. The molecule has 120 valence electrons. The molecule has 1 N–H and O–H groups in total. The highest BCUT2D eigenvalue weighted by Gasteiger charge is 2.33. The molecule has 0 bridgehead atoms. The summed E-state index contributed by atoms with van der Waals surface area (Å²) in [6, 6.07) is 2.74. The number of benzene rings is 1. The molecule has 0 aliphatic heterocycles. The molecule has 0 radical (unpaired) electrons. The lowest BCUT2D eigenvalue weighted by Gasteiger charge is -2.13. The van der Waals surface area contributed by atoms with Crippen molar-refractivity contribution in [3.8, 4) is 0 Å². The first-order valence-electron chi connectivity index (χ1n) is 6.94. The highest BCUT2D eigenvalue weighted by molar-refractivity contribution is 5.30. The molecule has 0 heterocycles. The average Bonchev–Trinajstić information content (AvgIpc) is 2.37. The fraction of sp³-hybridized carbons (Fsp3) is 0.600. The van der Waals surface area contributed by atoms with E-state index in [0.29, 0.717) is 31.7 Å². The maximum absolute atomic E-state index is 12.9. The van der Waals surface area contributed by atoms with Crippen molar-refractivity contribution in [2.24, 2.45) is 5.92 Å². The van der Waals surface area contributed by atoms with E-state index >= 15 is 0 Å². The first kappa shape index (κ1) is 17.9. The summed E-state index contributed by atoms with van der Waals surface area (Å²) >= 11 is 0. The van der Waals surface area contributed by atoms with E-state index in [1.165, 1.54) is 6.07 Å². The minimum Gasteiger partial charge on any atom is -0.381 e. The third-order valence-electron chi connectivity index (χ3n) is 2.79. The van der Waals surface area contributed by atoms with Crippen LogP contribution >= 0.6 is 0 Å². The zero-order chi connectivity index (χ0) is 15.9. The molecule has 0 saturated carbocycles. The van der Waals surface area contributed by atoms with E-state index < -0.39 is 17.6 Å². The molecule has 0 spiro atoms. The Morgan fingerprint density at radius 2 is 1.95 bits per heavy atom. The van der Waals surface area contributed by atoms with Crippen molar-refractivity contribution in [1.29, 1.82) is 0 Å². The van der Waals surface area contributed by atoms with Crippen molar-refractivity contribution in [2.75, 3.05) is 19.8 Å². The lowest BCUT2D eigenvalue weighted by atomic mass is 10.1. The Labute approximate surface area is 122 Å². The maximum atomic E-state index is 12.9. The zero-order valence-corrected chi connectivity index (χ0v) is 12.3. The third-order valence-corrected chi connectivity index (χ3v) is 2.79. The van der Waals surface area contributed by atoms with Crippen molar-refractivity contribution < 1.29 is 22.3 Å². The summed E-state index contributed by atoms with van der Waals surface area (Å²) in [5, 5.41) is 2.92. The van der Waals surface area contributed by atoms with E-state index in [0.717, 1.165) is 12.5 Å². The summed E-state index contributed by atoms with van der Waals surface area (Å²) in [6.07, 6.45) is -3.82. The van der Waals surface area contributed by atoms with Gasteiger partial charge >= 0.3 is 6.18 Å². The van der Waals surface area contributed by atoms with Gasteiger partial charge in [0.2, 0.25) is 0 Å². The molecule has 0 amide bonds. The lowest BCUT2D eigenvalue weighted by Crippen LogP contribution is -2.20. The second-order valence-corrected chi connectivity index (χ2v) is 5.30. The normalized spacial score (nSPS) is 12.1. The van der Waals surface area contributed by atoms with Crippen molar-refractivity contribution in [3.63, 3.8) is 0 Å². The molecule has 0 atom stereocenters. The van der Waals surface area contributed by atoms with Crippen LogP contribution in [-0.4, -0.2) is 19.8 Å². The molecular weight excluding hydrogens is 286 g/mol. The standard InChI is InChI=1S/C15H21F4NO/c1-11(2)10-21-7-3-6-20-9-12-4-5-13(16)8-14(12)15(17,18)19/h4-5,8,11,20H,3,6-7,9-10H2,1-2H3. The van der Waals surface area contributed by atoms with Crippen LogP contribution in [0.5, 0.6) is 0 Å². The van der Waals surface area contributed by atoms with E-state index in [1.807, 2.05) is 13.8 Å². The molecule has 0 unspecified atom stereocenters. The number of alkyl halides is 3. The van der Waals surface area contributed by atoms with E-state index in [1.54, 1.807) is 0 Å². The van der Waals surface area contributed by atoms with E-state index in [9.17, 15) is 17.6 Å². The number of halogens is 4. The first-order valence-corrected chi connectivity index (χ1v) is 6.94. The smallest absolute Gasteiger partial charge is 0.381 e. The van der Waals surface area contributed by atoms with Gasteiger partial charge in [-0.25, -0.2) is 4.39 Å². The highest BCUT2D eigenvalue weighted by Crippen LogP contribution is 2.32. The van der Waals surface area contributed by atoms with Crippen molar-refractivity contribution in [1.82, 2.24) is 5.32 Å². The molecule has 0 saturated heterocycles. The number of rotatable bonds is 8. The Bertz CT molecular complexity index is 432. The lowest BCUT2D eigenvalue weighted by molar-refractivity contribution is -0.138. The molecule has 21 heavy (non-hydrogen) atoms. The summed E-state index contributed by atoms with van der Waals surface area (Å²) in [7, 11) is 0. The van der Waals surface area contributed by atoms with Crippen molar-refractivity contribution in [2.45, 2.75) is 33.0 Å². The Morgan fingerprint density at radius 1 is 1.24 bits per heavy atom. The van der Waals surface area contributed by atoms with Crippen LogP contribution in [0.1, 0.15) is 31.4 Å². The first-order chi connectivity index (χ1) is 9.80. The summed E-state index contributed by atoms with van der Waals surface area (Å²) in [6.45, 7) is 5.94. The van der Waals surface area contributed by atoms with Crippen LogP contribution in [0.25, 0.3) is 0 Å². The van der Waals surface area contributed by atoms with Gasteiger partial charge in [0.15, 0.2) is 0 Å². The molecule has 0 aromatic heterocycles. The van der Waals surface area contributed by atoms with Crippen molar-refractivity contribution in [3.05, 3.63) is 35.1 Å². The second kappa shape index (κ2) is 8.34. The highest BCUT2D eigenvalue weighted by atomic mass is 19.4. The van der Waals surface area contributed by atoms with Gasteiger partial charge in [-0.2, -0.15) is 13.2 Å². The average molecular weight is 307 g/mol. The van der Waals surface area contributed by atoms with Gasteiger partial charge in [-0.15, -0.1) is 0 Å². The third kappa shape index (κ3) is 6.91. The molecule has 0 aliphatic rings. The van der Waals surface area contributed by atoms with E-state index in [4.69, 9.17) is 4.74 Å². The predicted molar refractivity (Wildman–Crippen MR) is 73.4 cm³/mol. The fourth-order valence-electron chi connectivity index (χ4n) is 1.81. The van der Waals surface area contributed by atoms with Crippen molar-refractivity contribution >= 4 is 0 Å². The van der Waals surface area contributed by atoms with Crippen LogP contribution in [0.4, 0.5) is 17.6 Å². The second-order valence-electron chi connectivity index (χ2n) is 5.30. The Hall–Kier alpha value is -1.14. The van der Waals surface area contributed by atoms with Crippen LogP contribution in [0, 0.1) is 11.7 Å². The Kier molecular flexibility index (Phi) is 7.11. The molecular formula is C15H21F4NO. The summed E-state index contributed by atoms with van der Waals surface area (Å²) in [5.74, 6) is -0.417. The van der Waals surface area contributed by atoms with Gasteiger partial charge in [-0.3, -0.25) is 0 Å². The van der Waals surface area contributed by atoms with Crippen LogP contribution in [0.2, 0.25) is 0 Å². The Morgan fingerprint density at radius 3 is 2.57 bits per heavy atom. The minimum atomic E-state index is -4.54. The van der Waals surface area contributed by atoms with Crippen LogP contribution in [-0.2, 0) is 17.5 Å². The van der Waals surface area contributed by atoms with Gasteiger partial charge in [0.05, 0.1) is 5.56 Å². The summed E-state index contributed by atoms with van der Waals surface area (Å²) in [4.78, 5) is 0. The van der Waals surface area contributed by atoms with Crippen LogP contribution < -0.4 is 5.32 Å². The molecule has 6 heteroatoms. The number of hydrogen-bond acceptors (Lipinski definition) is 2. The van der Waals surface area contributed by atoms with Gasteiger partial charge in [-0.05, 0) is 36.6 Å². The van der Waals surface area contributed by atoms with Crippen LogP contribution in [0.15, 0.2) is 18.2 Å². The fourth-order valence-corrected chi connectivity index (χ4v) is 1.81. The van der Waals surface area contributed by atoms with E-state index in [-0.39, 0.29) is 12.1 Å². The minimum absolute atomic E-state index is 0.0481. The topological polar surface area (TPSA) is 21.3 Å². The van der Waals surface area contributed by atoms with Gasteiger partial charge in [0.1, 0.15) is 5.82 Å². The van der Waals surface area contributed by atoms with Crippen LogP contribution in [0.3, 0.4) is 0 Å². The summed E-state index contributed by atoms with van der Waals surface area (Å²) in [5.41, 5.74) is -0.877. The predicted octanol–water partition coefficient (Wildman–Crippen LogP) is 4.00. The molecule has 2 nitrogen and oxygen atoms in total. The van der Waals surface area contributed by atoms with Gasteiger partial charge < -0.3 is 10.1 Å². The number of nitrogens with one attached hydrogen (secondary N) is 1. The monoisotopic (exact) mass is 307 g/mol. The van der Waals surface area contributed by atoms with Gasteiger partial charge in [-0.1, -0.05) is 19.9 Å². The molecule has 1 aromatic rings.